The number of aromatic nitrogens is 1. The first-order valence-electron chi connectivity index (χ1n) is 8.93. The van der Waals surface area contributed by atoms with Crippen LogP contribution < -0.4 is 10.2 Å². The van der Waals surface area contributed by atoms with Gasteiger partial charge in [0.15, 0.2) is 0 Å². The van der Waals surface area contributed by atoms with Gasteiger partial charge in [-0.05, 0) is 30.5 Å². The van der Waals surface area contributed by atoms with Crippen LogP contribution in [0.15, 0.2) is 54.7 Å². The van der Waals surface area contributed by atoms with E-state index in [2.05, 4.69) is 30.7 Å². The first-order chi connectivity index (χ1) is 12.1. The number of hydrogen-bond acceptors (Lipinski definition) is 3. The van der Waals surface area contributed by atoms with E-state index in [0.717, 1.165) is 42.0 Å². The third-order valence-corrected chi connectivity index (χ3v) is 4.91. The first kappa shape index (κ1) is 17.2. The standard InChI is InChI=1S/C21H25N3O/c1-4-16(5-2)13-15(3)21(25)24-14-17-9-8-12-22-20(17)23-18-10-6-7-11-19(18)24/h6-12,16H,3-5,13-14H2,1-2H3,(H,22,23). The molecule has 3 rings (SSSR count). The lowest BCUT2D eigenvalue weighted by molar-refractivity contribution is -0.115. The van der Waals surface area contributed by atoms with E-state index in [-0.39, 0.29) is 5.91 Å². The minimum atomic E-state index is -0.00199. The molecule has 2 aromatic rings. The summed E-state index contributed by atoms with van der Waals surface area (Å²) in [4.78, 5) is 19.4. The predicted molar refractivity (Wildman–Crippen MR) is 103 cm³/mol. The molecule has 0 spiro atoms. The van der Waals surface area contributed by atoms with Gasteiger partial charge in [-0.15, -0.1) is 0 Å². The number of para-hydroxylation sites is 2. The highest BCUT2D eigenvalue weighted by Crippen LogP contribution is 2.35. The van der Waals surface area contributed by atoms with Crippen LogP contribution in [0.4, 0.5) is 17.2 Å². The Morgan fingerprint density at radius 2 is 2.00 bits per heavy atom. The van der Waals surface area contributed by atoms with Crippen molar-refractivity contribution in [3.63, 3.8) is 0 Å². The number of pyridine rings is 1. The third kappa shape index (κ3) is 3.58. The maximum Gasteiger partial charge on any atom is 0.253 e. The molecule has 0 unspecified atom stereocenters. The summed E-state index contributed by atoms with van der Waals surface area (Å²) in [6.07, 6.45) is 4.64. The van der Waals surface area contributed by atoms with Crippen molar-refractivity contribution < 1.29 is 4.79 Å². The van der Waals surface area contributed by atoms with Gasteiger partial charge in [-0.1, -0.05) is 51.5 Å². The Labute approximate surface area is 149 Å². The van der Waals surface area contributed by atoms with Crippen molar-refractivity contribution in [1.29, 1.82) is 0 Å². The van der Waals surface area contributed by atoms with Crippen LogP contribution in [-0.2, 0) is 11.3 Å². The molecule has 0 atom stereocenters. The van der Waals surface area contributed by atoms with Crippen molar-refractivity contribution >= 4 is 23.1 Å². The van der Waals surface area contributed by atoms with Crippen LogP contribution >= 0.6 is 0 Å². The molecule has 1 aliphatic heterocycles. The Morgan fingerprint density at radius 1 is 1.24 bits per heavy atom. The van der Waals surface area contributed by atoms with E-state index in [9.17, 15) is 4.79 Å². The van der Waals surface area contributed by atoms with Gasteiger partial charge in [0.1, 0.15) is 5.82 Å². The normalized spacial score (nSPS) is 12.8. The Kier molecular flexibility index (Phi) is 5.17. The number of carbonyl (C=O) groups is 1. The second-order valence-corrected chi connectivity index (χ2v) is 6.53. The van der Waals surface area contributed by atoms with Gasteiger partial charge >= 0.3 is 0 Å². The molecule has 25 heavy (non-hydrogen) atoms. The lowest BCUT2D eigenvalue weighted by atomic mass is 9.94. The fourth-order valence-electron chi connectivity index (χ4n) is 3.26. The SMILES string of the molecule is C=C(CC(CC)CC)C(=O)N1Cc2cccnc2Nc2ccccc21. The largest absolute Gasteiger partial charge is 0.338 e. The summed E-state index contributed by atoms with van der Waals surface area (Å²) in [5.74, 6) is 1.31. The van der Waals surface area contributed by atoms with Gasteiger partial charge in [-0.2, -0.15) is 0 Å². The van der Waals surface area contributed by atoms with Crippen molar-refractivity contribution in [3.8, 4) is 0 Å². The van der Waals surface area contributed by atoms with Crippen LogP contribution in [-0.4, -0.2) is 10.9 Å². The molecule has 130 valence electrons. The van der Waals surface area contributed by atoms with Gasteiger partial charge in [0, 0.05) is 17.3 Å². The summed E-state index contributed by atoms with van der Waals surface area (Å²) in [7, 11) is 0. The second kappa shape index (κ2) is 7.51. The molecule has 0 aliphatic carbocycles. The molecule has 1 amide bonds. The van der Waals surface area contributed by atoms with Gasteiger partial charge in [-0.25, -0.2) is 4.98 Å². The van der Waals surface area contributed by atoms with E-state index >= 15 is 0 Å². The number of rotatable bonds is 5. The topological polar surface area (TPSA) is 45.2 Å². The summed E-state index contributed by atoms with van der Waals surface area (Å²) in [5.41, 5.74) is 3.44. The van der Waals surface area contributed by atoms with Crippen molar-refractivity contribution in [2.75, 3.05) is 10.2 Å². The van der Waals surface area contributed by atoms with Crippen molar-refractivity contribution in [1.82, 2.24) is 4.98 Å². The van der Waals surface area contributed by atoms with Crippen LogP contribution in [0.2, 0.25) is 0 Å². The zero-order valence-corrected chi connectivity index (χ0v) is 15.0. The van der Waals surface area contributed by atoms with Crippen LogP contribution in [0.5, 0.6) is 0 Å². The highest BCUT2D eigenvalue weighted by Gasteiger charge is 2.26. The van der Waals surface area contributed by atoms with Crippen molar-refractivity contribution in [3.05, 3.63) is 60.3 Å². The molecule has 0 saturated heterocycles. The number of amides is 1. The van der Waals surface area contributed by atoms with Crippen LogP contribution in [0.25, 0.3) is 0 Å². The molecule has 0 saturated carbocycles. The summed E-state index contributed by atoms with van der Waals surface area (Å²) in [6.45, 7) is 8.92. The molecule has 0 fully saturated rings. The van der Waals surface area contributed by atoms with E-state index in [1.54, 1.807) is 6.20 Å². The molecule has 4 heteroatoms. The number of nitrogens with zero attached hydrogens (tertiary/aromatic N) is 2. The van der Waals surface area contributed by atoms with Crippen LogP contribution in [0, 0.1) is 5.92 Å². The number of anilines is 3. The van der Waals surface area contributed by atoms with Gasteiger partial charge in [0.25, 0.3) is 5.91 Å². The Balaban J connectivity index is 1.94. The Hall–Kier alpha value is -2.62. The zero-order chi connectivity index (χ0) is 17.8. The second-order valence-electron chi connectivity index (χ2n) is 6.53. The summed E-state index contributed by atoms with van der Waals surface area (Å²) in [6, 6.07) is 11.8. The van der Waals surface area contributed by atoms with E-state index in [1.165, 1.54) is 0 Å². The van der Waals surface area contributed by atoms with Gasteiger partial charge < -0.3 is 10.2 Å². The first-order valence-corrected chi connectivity index (χ1v) is 8.93. The minimum Gasteiger partial charge on any atom is -0.338 e. The highest BCUT2D eigenvalue weighted by molar-refractivity contribution is 6.07. The molecular formula is C21H25N3O. The number of carbonyl (C=O) groups excluding carboxylic acids is 1. The number of benzene rings is 1. The lowest BCUT2D eigenvalue weighted by Gasteiger charge is -2.25. The molecule has 1 aromatic carbocycles. The summed E-state index contributed by atoms with van der Waals surface area (Å²) >= 11 is 0. The van der Waals surface area contributed by atoms with Crippen LogP contribution in [0.3, 0.4) is 0 Å². The number of nitrogens with one attached hydrogen (secondary N) is 1. The van der Waals surface area contributed by atoms with Gasteiger partial charge in [0.2, 0.25) is 0 Å². The van der Waals surface area contributed by atoms with Crippen molar-refractivity contribution in [2.45, 2.75) is 39.7 Å². The monoisotopic (exact) mass is 335 g/mol. The van der Waals surface area contributed by atoms with Crippen molar-refractivity contribution in [2.24, 2.45) is 5.92 Å². The predicted octanol–water partition coefficient (Wildman–Crippen LogP) is 5.05. The molecule has 0 bridgehead atoms. The Bertz CT molecular complexity index is 780. The quantitative estimate of drug-likeness (QED) is 0.777. The number of hydrogen-bond donors (Lipinski definition) is 1. The maximum atomic E-state index is 13.2. The van der Waals surface area contributed by atoms with E-state index in [0.29, 0.717) is 18.0 Å². The molecule has 1 aromatic heterocycles. The molecule has 4 nitrogen and oxygen atoms in total. The van der Waals surface area contributed by atoms with E-state index in [4.69, 9.17) is 0 Å². The molecule has 1 aliphatic rings. The van der Waals surface area contributed by atoms with Gasteiger partial charge in [-0.3, -0.25) is 4.79 Å². The fraction of sp³-hybridized carbons (Fsp3) is 0.333. The fourth-order valence-corrected chi connectivity index (χ4v) is 3.26. The third-order valence-electron chi connectivity index (χ3n) is 4.91. The summed E-state index contributed by atoms with van der Waals surface area (Å²) < 4.78 is 0. The van der Waals surface area contributed by atoms with E-state index in [1.807, 2.05) is 41.3 Å². The smallest absolute Gasteiger partial charge is 0.253 e. The average molecular weight is 335 g/mol. The van der Waals surface area contributed by atoms with E-state index < -0.39 is 0 Å². The average Bonchev–Trinajstić information content (AvgIpc) is 2.81. The highest BCUT2D eigenvalue weighted by atomic mass is 16.2. The lowest BCUT2D eigenvalue weighted by Crippen LogP contribution is -2.31. The van der Waals surface area contributed by atoms with Gasteiger partial charge in [0.05, 0.1) is 17.9 Å². The maximum absolute atomic E-state index is 13.2. The number of fused-ring (bicyclic) bond motifs is 2. The summed E-state index contributed by atoms with van der Waals surface area (Å²) in [5, 5.41) is 3.36. The minimum absolute atomic E-state index is 0.00199. The molecule has 1 N–H and O–H groups in total. The molecule has 0 radical (unpaired) electrons. The molecule has 2 heterocycles. The zero-order valence-electron chi connectivity index (χ0n) is 15.0. The Morgan fingerprint density at radius 3 is 2.76 bits per heavy atom. The molecular weight excluding hydrogens is 310 g/mol. The van der Waals surface area contributed by atoms with Crippen LogP contribution in [0.1, 0.15) is 38.7 Å².